The van der Waals surface area contributed by atoms with Crippen molar-refractivity contribution in [1.29, 1.82) is 0 Å². The van der Waals surface area contributed by atoms with E-state index in [9.17, 15) is 0 Å². The number of aryl methyl sites for hydroxylation is 2. The Balaban J connectivity index is 1.29. The Hall–Kier alpha value is -1.65. The van der Waals surface area contributed by atoms with Crippen LogP contribution < -0.4 is 0 Å². The first-order valence-corrected chi connectivity index (χ1v) is 11.0. The highest BCUT2D eigenvalue weighted by atomic mass is 16.5. The molecule has 5 rings (SSSR count). The molecule has 1 spiro atoms. The van der Waals surface area contributed by atoms with Gasteiger partial charge in [0.2, 0.25) is 0 Å². The van der Waals surface area contributed by atoms with Crippen LogP contribution in [0.15, 0.2) is 34.9 Å². The van der Waals surface area contributed by atoms with E-state index in [-0.39, 0.29) is 0 Å². The normalized spacial score (nSPS) is 26.0. The molecule has 0 bridgehead atoms. The van der Waals surface area contributed by atoms with Crippen LogP contribution in [0.4, 0.5) is 0 Å². The van der Waals surface area contributed by atoms with Gasteiger partial charge < -0.3 is 4.52 Å². The van der Waals surface area contributed by atoms with Crippen LogP contribution in [0.3, 0.4) is 0 Å². The Kier molecular flexibility index (Phi) is 4.80. The van der Waals surface area contributed by atoms with Crippen LogP contribution in [0.25, 0.3) is 0 Å². The lowest BCUT2D eigenvalue weighted by Gasteiger charge is -2.50. The predicted molar refractivity (Wildman–Crippen MR) is 111 cm³/mol. The van der Waals surface area contributed by atoms with Crippen LogP contribution in [-0.4, -0.2) is 47.2 Å². The van der Waals surface area contributed by atoms with E-state index < -0.39 is 0 Å². The summed E-state index contributed by atoms with van der Waals surface area (Å²) in [6, 6.07) is 12.1. The lowest BCUT2D eigenvalue weighted by Crippen LogP contribution is -2.52. The SMILES string of the molecule is Cc1noc(C)c1CN1CCC2(CC1)CC(c1ccccc1)CN(C1CC1)C2. The maximum absolute atomic E-state index is 5.37. The molecule has 0 N–H and O–H groups in total. The fraction of sp³-hybridized carbons (Fsp3) is 0.625. The van der Waals surface area contributed by atoms with E-state index >= 15 is 0 Å². The summed E-state index contributed by atoms with van der Waals surface area (Å²) in [6.45, 7) is 10.1. The summed E-state index contributed by atoms with van der Waals surface area (Å²) < 4.78 is 5.37. The van der Waals surface area contributed by atoms with Crippen molar-refractivity contribution in [1.82, 2.24) is 15.0 Å². The standard InChI is InChI=1S/C24H33N3O/c1-18-23(19(2)28-25-18)16-26-12-10-24(11-13-26)14-21(20-6-4-3-5-7-20)15-27(17-24)22-8-9-22/h3-7,21-22H,8-17H2,1-2H3. The van der Waals surface area contributed by atoms with E-state index in [1.165, 1.54) is 63.8 Å². The van der Waals surface area contributed by atoms with Gasteiger partial charge in [-0.3, -0.25) is 9.80 Å². The summed E-state index contributed by atoms with van der Waals surface area (Å²) in [7, 11) is 0. The quantitative estimate of drug-likeness (QED) is 0.781. The second-order valence-corrected chi connectivity index (χ2v) is 9.55. The number of hydrogen-bond donors (Lipinski definition) is 0. The maximum Gasteiger partial charge on any atom is 0.138 e. The van der Waals surface area contributed by atoms with Crippen molar-refractivity contribution >= 4 is 0 Å². The molecule has 3 aliphatic rings. The van der Waals surface area contributed by atoms with Crippen LogP contribution in [-0.2, 0) is 6.54 Å². The van der Waals surface area contributed by atoms with E-state index in [1.54, 1.807) is 5.56 Å². The Labute approximate surface area is 168 Å². The molecule has 3 fully saturated rings. The van der Waals surface area contributed by atoms with Gasteiger partial charge in [0, 0.05) is 31.2 Å². The van der Waals surface area contributed by atoms with Crippen LogP contribution in [0.2, 0.25) is 0 Å². The van der Waals surface area contributed by atoms with Gasteiger partial charge >= 0.3 is 0 Å². The summed E-state index contributed by atoms with van der Waals surface area (Å²) in [5.74, 6) is 1.68. The minimum absolute atomic E-state index is 0.497. The first kappa shape index (κ1) is 18.4. The van der Waals surface area contributed by atoms with Crippen molar-refractivity contribution < 1.29 is 4.52 Å². The Morgan fingerprint density at radius 3 is 2.50 bits per heavy atom. The molecular formula is C24H33N3O. The lowest BCUT2D eigenvalue weighted by molar-refractivity contribution is 0.00819. The zero-order chi connectivity index (χ0) is 19.1. The Morgan fingerprint density at radius 1 is 1.11 bits per heavy atom. The topological polar surface area (TPSA) is 32.5 Å². The van der Waals surface area contributed by atoms with Crippen LogP contribution >= 0.6 is 0 Å². The van der Waals surface area contributed by atoms with Crippen molar-refractivity contribution in [3.8, 4) is 0 Å². The largest absolute Gasteiger partial charge is 0.361 e. The van der Waals surface area contributed by atoms with E-state index in [0.29, 0.717) is 11.3 Å². The van der Waals surface area contributed by atoms with Gasteiger partial charge in [-0.2, -0.15) is 0 Å². The summed E-state index contributed by atoms with van der Waals surface area (Å²) >= 11 is 0. The van der Waals surface area contributed by atoms with Crippen molar-refractivity contribution in [3.05, 3.63) is 52.9 Å². The number of likely N-dealkylation sites (tertiary alicyclic amines) is 2. The van der Waals surface area contributed by atoms with E-state index in [4.69, 9.17) is 4.52 Å². The highest BCUT2D eigenvalue weighted by Gasteiger charge is 2.45. The molecule has 2 aliphatic heterocycles. The van der Waals surface area contributed by atoms with Crippen molar-refractivity contribution in [2.45, 2.75) is 64.5 Å². The van der Waals surface area contributed by atoms with E-state index in [2.05, 4.69) is 52.2 Å². The number of piperidine rings is 2. The number of nitrogens with zero attached hydrogens (tertiary/aromatic N) is 3. The molecule has 1 aliphatic carbocycles. The molecule has 2 saturated heterocycles. The summed E-state index contributed by atoms with van der Waals surface area (Å²) in [6.07, 6.45) is 6.83. The van der Waals surface area contributed by atoms with Crippen LogP contribution in [0, 0.1) is 19.3 Å². The Morgan fingerprint density at radius 2 is 1.86 bits per heavy atom. The second kappa shape index (κ2) is 7.31. The molecule has 0 amide bonds. The Bertz CT molecular complexity index is 783. The number of benzene rings is 1. The predicted octanol–water partition coefficient (Wildman–Crippen LogP) is 4.53. The molecule has 4 heteroatoms. The minimum atomic E-state index is 0.497. The fourth-order valence-electron chi connectivity index (χ4n) is 5.60. The summed E-state index contributed by atoms with van der Waals surface area (Å²) in [4.78, 5) is 5.45. The van der Waals surface area contributed by atoms with E-state index in [0.717, 1.165) is 24.0 Å². The first-order valence-electron chi connectivity index (χ1n) is 11.0. The van der Waals surface area contributed by atoms with Gasteiger partial charge in [0.15, 0.2) is 0 Å². The second-order valence-electron chi connectivity index (χ2n) is 9.55. The molecular weight excluding hydrogens is 346 g/mol. The van der Waals surface area contributed by atoms with Gasteiger partial charge in [0.1, 0.15) is 5.76 Å². The summed E-state index contributed by atoms with van der Waals surface area (Å²) in [5, 5.41) is 4.14. The number of hydrogen-bond acceptors (Lipinski definition) is 4. The molecule has 1 unspecified atom stereocenters. The average molecular weight is 380 g/mol. The lowest BCUT2D eigenvalue weighted by atomic mass is 9.68. The molecule has 0 radical (unpaired) electrons. The summed E-state index contributed by atoms with van der Waals surface area (Å²) in [5.41, 5.74) is 4.39. The number of aromatic nitrogens is 1. The molecule has 3 heterocycles. The van der Waals surface area contributed by atoms with Gasteiger partial charge in [-0.1, -0.05) is 35.5 Å². The highest BCUT2D eigenvalue weighted by molar-refractivity contribution is 5.23. The molecule has 1 saturated carbocycles. The minimum Gasteiger partial charge on any atom is -0.361 e. The van der Waals surface area contributed by atoms with Crippen molar-refractivity contribution in [2.75, 3.05) is 26.2 Å². The van der Waals surface area contributed by atoms with Crippen LogP contribution in [0.5, 0.6) is 0 Å². The third-order valence-corrected chi connectivity index (χ3v) is 7.49. The molecule has 28 heavy (non-hydrogen) atoms. The molecule has 1 aromatic carbocycles. The first-order chi connectivity index (χ1) is 13.6. The monoisotopic (exact) mass is 379 g/mol. The smallest absolute Gasteiger partial charge is 0.138 e. The third kappa shape index (κ3) is 3.65. The average Bonchev–Trinajstić information content (AvgIpc) is 3.53. The van der Waals surface area contributed by atoms with Crippen molar-refractivity contribution in [2.24, 2.45) is 5.41 Å². The van der Waals surface area contributed by atoms with Gasteiger partial charge in [0.25, 0.3) is 0 Å². The van der Waals surface area contributed by atoms with Crippen LogP contribution in [0.1, 0.15) is 60.6 Å². The molecule has 2 aromatic rings. The third-order valence-electron chi connectivity index (χ3n) is 7.49. The van der Waals surface area contributed by atoms with Gasteiger partial charge in [-0.05, 0) is 75.9 Å². The zero-order valence-electron chi connectivity index (χ0n) is 17.4. The van der Waals surface area contributed by atoms with Gasteiger partial charge in [-0.25, -0.2) is 0 Å². The molecule has 150 valence electrons. The molecule has 1 atom stereocenters. The fourth-order valence-corrected chi connectivity index (χ4v) is 5.60. The van der Waals surface area contributed by atoms with E-state index in [1.807, 2.05) is 6.92 Å². The maximum atomic E-state index is 5.37. The zero-order valence-corrected chi connectivity index (χ0v) is 17.4. The highest BCUT2D eigenvalue weighted by Crippen LogP contribution is 2.47. The number of rotatable bonds is 4. The van der Waals surface area contributed by atoms with Crippen molar-refractivity contribution in [3.63, 3.8) is 0 Å². The van der Waals surface area contributed by atoms with Gasteiger partial charge in [-0.15, -0.1) is 0 Å². The molecule has 1 aromatic heterocycles. The van der Waals surface area contributed by atoms with Gasteiger partial charge in [0.05, 0.1) is 5.69 Å². The molecule has 4 nitrogen and oxygen atoms in total.